The van der Waals surface area contributed by atoms with E-state index in [0.717, 1.165) is 49.3 Å². The molecule has 0 aliphatic carbocycles. The fourth-order valence-corrected chi connectivity index (χ4v) is 5.17. The van der Waals surface area contributed by atoms with Gasteiger partial charge in [-0.1, -0.05) is 35.9 Å². The number of aliphatic hydroxyl groups is 1. The Morgan fingerprint density at radius 3 is 2.24 bits per heavy atom. The topological polar surface area (TPSA) is 82.1 Å². The smallest absolute Gasteiger partial charge is 0.430 e. The summed E-state index contributed by atoms with van der Waals surface area (Å²) in [6.45, 7) is 1.50. The van der Waals surface area contributed by atoms with Gasteiger partial charge in [0, 0.05) is 44.1 Å². The highest BCUT2D eigenvalue weighted by Crippen LogP contribution is 2.41. The van der Waals surface area contributed by atoms with Crippen LogP contribution < -0.4 is 15.0 Å². The standard InChI is InChI=1S/C30H31ClF3N3O4/c1-36(2)27(38)25-12-11-23(18-26(25)31)37-15-13-20(14-16-37)19-7-9-22(10-8-19)35-28(39)29(40,30(32,33)34)21-5-4-6-24(17-21)41-3/h4-12,17-18,20,40H,13-16H2,1-3H3,(H,35,39). The van der Waals surface area contributed by atoms with Crippen LogP contribution in [0.1, 0.15) is 40.2 Å². The van der Waals surface area contributed by atoms with Crippen LogP contribution in [0.4, 0.5) is 24.5 Å². The highest BCUT2D eigenvalue weighted by atomic mass is 35.5. The maximum absolute atomic E-state index is 14.0. The molecule has 3 aromatic carbocycles. The maximum Gasteiger partial charge on any atom is 0.430 e. The Bertz CT molecular complexity index is 1410. The van der Waals surface area contributed by atoms with E-state index < -0.39 is 23.2 Å². The molecule has 1 aliphatic heterocycles. The summed E-state index contributed by atoms with van der Waals surface area (Å²) in [5.41, 5.74) is -1.93. The number of benzene rings is 3. The number of hydrogen-bond donors (Lipinski definition) is 2. The number of hydrogen-bond acceptors (Lipinski definition) is 5. The largest absolute Gasteiger partial charge is 0.497 e. The number of alkyl halides is 3. The van der Waals surface area contributed by atoms with Crippen molar-refractivity contribution in [2.75, 3.05) is 44.5 Å². The number of amides is 2. The molecule has 7 nitrogen and oxygen atoms in total. The molecule has 0 radical (unpaired) electrons. The molecule has 4 rings (SSSR count). The summed E-state index contributed by atoms with van der Waals surface area (Å²) in [4.78, 5) is 28.7. The molecule has 1 saturated heterocycles. The lowest BCUT2D eigenvalue weighted by Gasteiger charge is -2.34. The van der Waals surface area contributed by atoms with Crippen molar-refractivity contribution in [2.24, 2.45) is 0 Å². The number of methoxy groups -OCH3 is 1. The average Bonchev–Trinajstić information content (AvgIpc) is 2.96. The summed E-state index contributed by atoms with van der Waals surface area (Å²) >= 11 is 6.38. The van der Waals surface area contributed by atoms with Crippen LogP contribution in [-0.4, -0.2) is 62.3 Å². The third-order valence-corrected chi connectivity index (χ3v) is 7.63. The quantitative estimate of drug-likeness (QED) is 0.363. The fraction of sp³-hybridized carbons (Fsp3) is 0.333. The van der Waals surface area contributed by atoms with Crippen molar-refractivity contribution in [1.29, 1.82) is 0 Å². The van der Waals surface area contributed by atoms with Crippen molar-refractivity contribution >= 4 is 34.8 Å². The lowest BCUT2D eigenvalue weighted by molar-refractivity contribution is -0.254. The van der Waals surface area contributed by atoms with E-state index in [4.69, 9.17) is 16.3 Å². The number of ether oxygens (including phenoxy) is 1. The molecule has 2 amide bonds. The summed E-state index contributed by atoms with van der Waals surface area (Å²) < 4.78 is 46.9. The first kappa shape index (κ1) is 30.2. The monoisotopic (exact) mass is 589 g/mol. The number of carbonyl (C=O) groups excluding carboxylic acids is 2. The van der Waals surface area contributed by atoms with Crippen LogP contribution in [0, 0.1) is 0 Å². The normalized spacial score (nSPS) is 15.7. The lowest BCUT2D eigenvalue weighted by Crippen LogP contribution is -2.52. The zero-order valence-corrected chi connectivity index (χ0v) is 23.6. The van der Waals surface area contributed by atoms with Crippen molar-refractivity contribution < 1.29 is 32.6 Å². The highest BCUT2D eigenvalue weighted by Gasteiger charge is 2.61. The van der Waals surface area contributed by atoms with Gasteiger partial charge in [-0.15, -0.1) is 0 Å². The number of halogens is 4. The van der Waals surface area contributed by atoms with Gasteiger partial charge < -0.3 is 25.0 Å². The van der Waals surface area contributed by atoms with E-state index in [-0.39, 0.29) is 23.3 Å². The molecule has 2 N–H and O–H groups in total. The van der Waals surface area contributed by atoms with Crippen LogP contribution in [0.3, 0.4) is 0 Å². The van der Waals surface area contributed by atoms with Crippen LogP contribution in [0.25, 0.3) is 0 Å². The SMILES string of the molecule is COc1cccc(C(O)(C(=O)Nc2ccc(C3CCN(c4ccc(C(=O)N(C)C)c(Cl)c4)CC3)cc2)C(F)(F)F)c1. The van der Waals surface area contributed by atoms with Gasteiger partial charge in [0.15, 0.2) is 0 Å². The molecule has 0 bridgehead atoms. The molecule has 3 aromatic rings. The van der Waals surface area contributed by atoms with E-state index in [0.29, 0.717) is 10.6 Å². The fourth-order valence-electron chi connectivity index (χ4n) is 4.92. The zero-order chi connectivity index (χ0) is 29.9. The van der Waals surface area contributed by atoms with E-state index in [1.54, 1.807) is 38.4 Å². The Morgan fingerprint density at radius 2 is 1.68 bits per heavy atom. The second kappa shape index (κ2) is 12.0. The summed E-state index contributed by atoms with van der Waals surface area (Å²) in [5.74, 6) is -1.49. The van der Waals surface area contributed by atoms with Gasteiger partial charge in [-0.2, -0.15) is 13.2 Å². The molecular weight excluding hydrogens is 559 g/mol. The van der Waals surface area contributed by atoms with Crippen molar-refractivity contribution in [3.63, 3.8) is 0 Å². The zero-order valence-electron chi connectivity index (χ0n) is 22.8. The van der Waals surface area contributed by atoms with E-state index in [2.05, 4.69) is 10.2 Å². The number of nitrogens with one attached hydrogen (secondary N) is 1. The first-order valence-corrected chi connectivity index (χ1v) is 13.3. The van der Waals surface area contributed by atoms with Crippen molar-refractivity contribution in [2.45, 2.75) is 30.5 Å². The van der Waals surface area contributed by atoms with E-state index in [1.807, 2.05) is 6.07 Å². The highest BCUT2D eigenvalue weighted by molar-refractivity contribution is 6.34. The second-order valence-electron chi connectivity index (χ2n) is 10.1. The van der Waals surface area contributed by atoms with Gasteiger partial charge >= 0.3 is 6.18 Å². The number of carbonyl (C=O) groups is 2. The molecular formula is C30H31ClF3N3O4. The predicted molar refractivity (Wildman–Crippen MR) is 152 cm³/mol. The molecule has 11 heteroatoms. The van der Waals surface area contributed by atoms with Gasteiger partial charge in [-0.3, -0.25) is 9.59 Å². The molecule has 1 unspecified atom stereocenters. The molecule has 0 spiro atoms. The second-order valence-corrected chi connectivity index (χ2v) is 10.5. The van der Waals surface area contributed by atoms with Crippen molar-refractivity contribution in [3.8, 4) is 5.75 Å². The van der Waals surface area contributed by atoms with Gasteiger partial charge in [0.25, 0.3) is 17.4 Å². The van der Waals surface area contributed by atoms with E-state index in [9.17, 15) is 27.9 Å². The number of rotatable bonds is 7. The Morgan fingerprint density at radius 1 is 1.02 bits per heavy atom. The molecule has 1 heterocycles. The lowest BCUT2D eigenvalue weighted by atomic mass is 9.89. The number of nitrogens with zero attached hydrogens (tertiary/aromatic N) is 2. The Labute approximate surface area is 241 Å². The molecule has 218 valence electrons. The van der Waals surface area contributed by atoms with Crippen LogP contribution >= 0.6 is 11.6 Å². The van der Waals surface area contributed by atoms with Gasteiger partial charge in [0.05, 0.1) is 17.7 Å². The third-order valence-electron chi connectivity index (χ3n) is 7.32. The van der Waals surface area contributed by atoms with Crippen molar-refractivity contribution in [3.05, 3.63) is 88.4 Å². The first-order chi connectivity index (χ1) is 19.3. The van der Waals surface area contributed by atoms with Gasteiger partial charge in [-0.05, 0) is 66.8 Å². The van der Waals surface area contributed by atoms with Crippen molar-refractivity contribution in [1.82, 2.24) is 4.90 Å². The molecule has 1 fully saturated rings. The molecule has 1 atom stereocenters. The molecule has 41 heavy (non-hydrogen) atoms. The first-order valence-electron chi connectivity index (χ1n) is 13.0. The summed E-state index contributed by atoms with van der Waals surface area (Å²) in [6, 6.07) is 16.7. The van der Waals surface area contributed by atoms with Gasteiger partial charge in [0.1, 0.15) is 5.75 Å². The van der Waals surface area contributed by atoms with Gasteiger partial charge in [-0.25, -0.2) is 0 Å². The molecule has 0 aromatic heterocycles. The number of piperidine rings is 1. The summed E-state index contributed by atoms with van der Waals surface area (Å²) in [6.07, 6.45) is -3.62. The number of anilines is 2. The third kappa shape index (κ3) is 6.28. The maximum atomic E-state index is 14.0. The van der Waals surface area contributed by atoms with Crippen LogP contribution in [0.2, 0.25) is 5.02 Å². The van der Waals surface area contributed by atoms with Gasteiger partial charge in [0.2, 0.25) is 0 Å². The predicted octanol–water partition coefficient (Wildman–Crippen LogP) is 5.82. The minimum absolute atomic E-state index is 0.0768. The summed E-state index contributed by atoms with van der Waals surface area (Å²) in [7, 11) is 4.62. The Balaban J connectivity index is 1.41. The minimum atomic E-state index is -5.27. The van der Waals surface area contributed by atoms with E-state index in [1.165, 1.54) is 36.3 Å². The molecule has 0 saturated carbocycles. The minimum Gasteiger partial charge on any atom is -0.497 e. The van der Waals surface area contributed by atoms with Crippen LogP contribution in [-0.2, 0) is 10.4 Å². The van der Waals surface area contributed by atoms with E-state index >= 15 is 0 Å². The molecule has 1 aliphatic rings. The van der Waals surface area contributed by atoms with Crippen LogP contribution in [0.5, 0.6) is 5.75 Å². The van der Waals surface area contributed by atoms with Crippen LogP contribution in [0.15, 0.2) is 66.7 Å². The average molecular weight is 590 g/mol. The Kier molecular flexibility index (Phi) is 8.84. The Hall–Kier alpha value is -3.76. The summed E-state index contributed by atoms with van der Waals surface area (Å²) in [5, 5.41) is 13.2.